The van der Waals surface area contributed by atoms with Crippen LogP contribution in [0.5, 0.6) is 0 Å². The van der Waals surface area contributed by atoms with E-state index in [2.05, 4.69) is 37.8 Å². The highest BCUT2D eigenvalue weighted by atomic mass is 16.6. The molecule has 14 heteroatoms. The molecule has 3 rings (SSSR count). The molecule has 0 saturated heterocycles. The molecular weight excluding hydrogens is 568 g/mol. The molecule has 238 valence electrons. The zero-order chi connectivity index (χ0) is 32.4. The third-order valence-corrected chi connectivity index (χ3v) is 6.57. The van der Waals surface area contributed by atoms with Crippen LogP contribution in [0.4, 0.5) is 10.5 Å². The minimum absolute atomic E-state index is 0.0873. The fourth-order valence-electron chi connectivity index (χ4n) is 4.65. The number of aromatic nitrogens is 1. The van der Waals surface area contributed by atoms with Gasteiger partial charge in [-0.2, -0.15) is 0 Å². The lowest BCUT2D eigenvalue weighted by atomic mass is 10.1. The van der Waals surface area contributed by atoms with Gasteiger partial charge in [0.1, 0.15) is 17.7 Å². The summed E-state index contributed by atoms with van der Waals surface area (Å²) in [5, 5.41) is 21.7. The number of rotatable bonds is 13. The van der Waals surface area contributed by atoms with Gasteiger partial charge in [-0.1, -0.05) is 18.2 Å². The van der Waals surface area contributed by atoms with Crippen LogP contribution in [-0.2, 0) is 25.7 Å². The maximum absolute atomic E-state index is 13.4. The number of carbonyl (C=O) groups is 4. The van der Waals surface area contributed by atoms with Crippen LogP contribution in [0.3, 0.4) is 0 Å². The third-order valence-electron chi connectivity index (χ3n) is 6.57. The van der Waals surface area contributed by atoms with Gasteiger partial charge in [0, 0.05) is 40.6 Å². The number of aliphatic imine (C=N–C) groups is 1. The van der Waals surface area contributed by atoms with Crippen LogP contribution in [0.25, 0.3) is 21.8 Å². The Bertz CT molecular complexity index is 1520. The number of nitrogens with zero attached hydrogens (tertiary/aromatic N) is 2. The average Bonchev–Trinajstić information content (AvgIpc) is 3.28. The fourth-order valence-corrected chi connectivity index (χ4v) is 4.65. The summed E-state index contributed by atoms with van der Waals surface area (Å²) in [5.74, 6) is -2.01. The summed E-state index contributed by atoms with van der Waals surface area (Å²) in [6.07, 6.45) is -0.303. The van der Waals surface area contributed by atoms with E-state index in [1.807, 2.05) is 36.4 Å². The molecule has 4 amide bonds. The van der Waals surface area contributed by atoms with Crippen molar-refractivity contribution < 1.29 is 29.0 Å². The number of aryl methyl sites for hydroxylation is 1. The first kappa shape index (κ1) is 33.6. The first-order valence-corrected chi connectivity index (χ1v) is 14.4. The summed E-state index contributed by atoms with van der Waals surface area (Å²) < 4.78 is 7.29. The van der Waals surface area contributed by atoms with Crippen LogP contribution >= 0.6 is 0 Å². The van der Waals surface area contributed by atoms with E-state index in [0.29, 0.717) is 12.1 Å². The zero-order valence-corrected chi connectivity index (χ0v) is 25.5. The van der Waals surface area contributed by atoms with Crippen LogP contribution in [0.2, 0.25) is 0 Å². The van der Waals surface area contributed by atoms with Crippen molar-refractivity contribution in [2.45, 2.75) is 64.8 Å². The number of alkyl carbamates (subject to hydrolysis) is 1. The van der Waals surface area contributed by atoms with Crippen LogP contribution < -0.4 is 32.7 Å². The lowest BCUT2D eigenvalue weighted by molar-refractivity contribution is -0.129. The lowest BCUT2D eigenvalue weighted by Gasteiger charge is -2.22. The van der Waals surface area contributed by atoms with E-state index in [1.54, 1.807) is 26.8 Å². The first-order valence-electron chi connectivity index (χ1n) is 14.4. The maximum atomic E-state index is 13.4. The number of amides is 4. The number of benzene rings is 2. The molecule has 0 bridgehead atoms. The molecule has 2 aromatic carbocycles. The first-order chi connectivity index (χ1) is 20.8. The van der Waals surface area contributed by atoms with Crippen molar-refractivity contribution in [2.75, 3.05) is 25.0 Å². The van der Waals surface area contributed by atoms with Crippen molar-refractivity contribution in [3.05, 3.63) is 42.5 Å². The number of ether oxygens (including phenoxy) is 1. The Morgan fingerprint density at radius 3 is 2.34 bits per heavy atom. The quantitative estimate of drug-likeness (QED) is 0.0848. The van der Waals surface area contributed by atoms with E-state index in [0.717, 1.165) is 28.4 Å². The van der Waals surface area contributed by atoms with E-state index >= 15 is 0 Å². The average molecular weight is 611 g/mol. The minimum atomic E-state index is -1.34. The summed E-state index contributed by atoms with van der Waals surface area (Å²) in [6.45, 7) is 6.83. The molecule has 0 unspecified atom stereocenters. The molecule has 9 N–H and O–H groups in total. The Kier molecular flexibility index (Phi) is 11.5. The minimum Gasteiger partial charge on any atom is -0.444 e. The number of fused-ring (bicyclic) bond motifs is 3. The molecule has 0 saturated carbocycles. The normalized spacial score (nSPS) is 12.7. The number of nitrogens with one attached hydrogen (secondary N) is 4. The number of aliphatic hydroxyl groups is 1. The molecule has 1 aromatic heterocycles. The predicted octanol–water partition coefficient (Wildman–Crippen LogP) is 1.29. The van der Waals surface area contributed by atoms with Crippen molar-refractivity contribution >= 4 is 57.3 Å². The summed E-state index contributed by atoms with van der Waals surface area (Å²) in [7, 11) is 0. The number of para-hydroxylation sites is 1. The van der Waals surface area contributed by atoms with Gasteiger partial charge in [-0.05, 0) is 64.8 Å². The highest BCUT2D eigenvalue weighted by molar-refractivity contribution is 6.10. The van der Waals surface area contributed by atoms with Crippen LogP contribution in [-0.4, -0.2) is 76.8 Å². The van der Waals surface area contributed by atoms with Gasteiger partial charge in [-0.15, -0.1) is 0 Å². The number of hydrogen-bond acceptors (Lipinski definition) is 7. The summed E-state index contributed by atoms with van der Waals surface area (Å²) >= 11 is 0. The fraction of sp³-hybridized carbons (Fsp3) is 0.433. The molecule has 44 heavy (non-hydrogen) atoms. The molecule has 1 heterocycles. The summed E-state index contributed by atoms with van der Waals surface area (Å²) in [5.41, 5.74) is 12.7. The zero-order valence-electron chi connectivity index (χ0n) is 25.5. The topological polar surface area (TPSA) is 215 Å². The number of guanidine groups is 1. The highest BCUT2D eigenvalue weighted by Crippen LogP contribution is 2.31. The summed E-state index contributed by atoms with van der Waals surface area (Å²) in [4.78, 5) is 54.6. The van der Waals surface area contributed by atoms with E-state index in [-0.39, 0.29) is 18.9 Å². The molecule has 0 aliphatic heterocycles. The molecule has 0 aliphatic carbocycles. The number of nitrogens with two attached hydrogens (primary N) is 2. The van der Waals surface area contributed by atoms with Gasteiger partial charge < -0.3 is 47.1 Å². The predicted molar refractivity (Wildman–Crippen MR) is 169 cm³/mol. The maximum Gasteiger partial charge on any atom is 0.408 e. The van der Waals surface area contributed by atoms with Crippen LogP contribution in [0, 0.1) is 0 Å². The van der Waals surface area contributed by atoms with Crippen molar-refractivity contribution in [3.63, 3.8) is 0 Å². The SMILES string of the molecule is CCn1c2ccccc2c2cc(NC(=O)[C@H](CCCN=C(N)N)NC(=O)CNC(=O)[C@H](CO)NC(=O)OC(C)(C)C)ccc21. The number of carbonyl (C=O) groups excluding carboxylic acids is 4. The second kappa shape index (κ2) is 15.0. The Morgan fingerprint density at radius 1 is 0.977 bits per heavy atom. The van der Waals surface area contributed by atoms with Gasteiger partial charge in [0.2, 0.25) is 17.7 Å². The smallest absolute Gasteiger partial charge is 0.408 e. The monoisotopic (exact) mass is 610 g/mol. The summed E-state index contributed by atoms with van der Waals surface area (Å²) in [6, 6.07) is 11.3. The second-order valence-corrected chi connectivity index (χ2v) is 11.2. The largest absolute Gasteiger partial charge is 0.444 e. The standard InChI is InChI=1S/C30H42N8O6/c1-5-38-23-11-7-6-9-19(23)20-15-18(12-13-24(20)38)35-27(42)21(10-8-14-33-28(31)32)36-25(40)16-34-26(41)22(17-39)37-29(43)44-30(2,3)4/h6-7,9,11-13,15,21-22,39H,5,8,10,14,16-17H2,1-4H3,(H,34,41)(H,35,42)(H,36,40)(H,37,43)(H4,31,32,33)/t21-,22-/m0/s1. The molecule has 3 aromatic rings. The third kappa shape index (κ3) is 9.33. The Labute approximate surface area is 255 Å². The Balaban J connectivity index is 1.69. The van der Waals surface area contributed by atoms with E-state index in [9.17, 15) is 24.3 Å². The van der Waals surface area contributed by atoms with Gasteiger partial charge in [0.05, 0.1) is 13.2 Å². The lowest BCUT2D eigenvalue weighted by Crippen LogP contribution is -2.53. The number of hydrogen-bond donors (Lipinski definition) is 7. The molecular formula is C30H42N8O6. The van der Waals surface area contributed by atoms with E-state index < -0.39 is 54.7 Å². The Hall–Kier alpha value is -4.85. The Morgan fingerprint density at radius 2 is 1.68 bits per heavy atom. The molecule has 14 nitrogen and oxygen atoms in total. The van der Waals surface area contributed by atoms with Gasteiger partial charge in [0.15, 0.2) is 5.96 Å². The molecule has 0 fully saturated rings. The van der Waals surface area contributed by atoms with Crippen molar-refractivity contribution in [1.82, 2.24) is 20.5 Å². The number of anilines is 1. The van der Waals surface area contributed by atoms with Gasteiger partial charge >= 0.3 is 6.09 Å². The van der Waals surface area contributed by atoms with Crippen LogP contribution in [0.15, 0.2) is 47.5 Å². The molecule has 0 aliphatic rings. The van der Waals surface area contributed by atoms with Gasteiger partial charge in [0.25, 0.3) is 0 Å². The molecule has 0 spiro atoms. The highest BCUT2D eigenvalue weighted by Gasteiger charge is 2.25. The van der Waals surface area contributed by atoms with Crippen molar-refractivity contribution in [3.8, 4) is 0 Å². The van der Waals surface area contributed by atoms with Crippen LogP contribution in [0.1, 0.15) is 40.5 Å². The van der Waals surface area contributed by atoms with Gasteiger partial charge in [-0.3, -0.25) is 19.4 Å². The molecule has 0 radical (unpaired) electrons. The van der Waals surface area contributed by atoms with Crippen molar-refractivity contribution in [2.24, 2.45) is 16.5 Å². The molecule has 2 atom stereocenters. The second-order valence-electron chi connectivity index (χ2n) is 11.2. The number of aliphatic hydroxyl groups excluding tert-OH is 1. The van der Waals surface area contributed by atoms with E-state index in [4.69, 9.17) is 16.2 Å². The van der Waals surface area contributed by atoms with E-state index in [1.165, 1.54) is 0 Å². The van der Waals surface area contributed by atoms with Crippen molar-refractivity contribution in [1.29, 1.82) is 0 Å². The van der Waals surface area contributed by atoms with Gasteiger partial charge in [-0.25, -0.2) is 4.79 Å².